The van der Waals surface area contributed by atoms with Crippen molar-refractivity contribution in [3.05, 3.63) is 59.7 Å². The van der Waals surface area contributed by atoms with Crippen molar-refractivity contribution in [3.8, 4) is 11.8 Å². The first kappa shape index (κ1) is 22.7. The monoisotopic (exact) mass is 450 g/mol. The zero-order valence-electron chi connectivity index (χ0n) is 16.5. The van der Waals surface area contributed by atoms with Crippen molar-refractivity contribution in [2.24, 2.45) is 5.92 Å². The van der Waals surface area contributed by atoms with Gasteiger partial charge in [0.25, 0.3) is 0 Å². The van der Waals surface area contributed by atoms with Gasteiger partial charge in [-0.3, -0.25) is 4.79 Å². The molecule has 31 heavy (non-hydrogen) atoms. The van der Waals surface area contributed by atoms with Crippen LogP contribution in [-0.2, 0) is 19.6 Å². The fourth-order valence-electron chi connectivity index (χ4n) is 3.16. The van der Waals surface area contributed by atoms with E-state index in [0.29, 0.717) is 17.4 Å². The van der Waals surface area contributed by atoms with Crippen LogP contribution in [0, 0.1) is 28.9 Å². The van der Waals surface area contributed by atoms with Gasteiger partial charge >= 0.3 is 5.97 Å². The number of hydrogen-bond donors (Lipinski definition) is 0. The Balaban J connectivity index is 1.44. The van der Waals surface area contributed by atoms with E-state index in [0.717, 1.165) is 16.4 Å². The molecule has 2 aromatic rings. The Kier molecular flexibility index (Phi) is 7.20. The number of rotatable bonds is 7. The number of benzene rings is 2. The molecular weight excluding hydrogens is 430 g/mol. The molecule has 1 heterocycles. The fraction of sp³-hybridized carbons (Fsp3) is 0.333. The minimum atomic E-state index is -3.97. The van der Waals surface area contributed by atoms with Crippen LogP contribution in [0.15, 0.2) is 47.4 Å². The highest BCUT2D eigenvalue weighted by Gasteiger charge is 2.33. The molecule has 1 fully saturated rings. The van der Waals surface area contributed by atoms with Crippen LogP contribution < -0.4 is 4.74 Å². The smallest absolute Gasteiger partial charge is 0.309 e. The van der Waals surface area contributed by atoms with E-state index < -0.39 is 33.5 Å². The molecule has 164 valence electrons. The van der Waals surface area contributed by atoms with Crippen LogP contribution in [0.5, 0.6) is 5.75 Å². The van der Waals surface area contributed by atoms with Gasteiger partial charge in [0.05, 0.1) is 22.4 Å². The zero-order valence-corrected chi connectivity index (χ0v) is 17.3. The summed E-state index contributed by atoms with van der Waals surface area (Å²) >= 11 is 0. The molecule has 10 heteroatoms. The molecule has 0 atom stereocenters. The number of halogens is 2. The third-order valence-electron chi connectivity index (χ3n) is 4.90. The average molecular weight is 450 g/mol. The molecule has 1 aliphatic rings. The summed E-state index contributed by atoms with van der Waals surface area (Å²) in [6.45, 7) is 0.318. The fourth-order valence-corrected chi connectivity index (χ4v) is 4.65. The molecule has 0 aliphatic carbocycles. The van der Waals surface area contributed by atoms with E-state index in [1.165, 1.54) is 0 Å². The Hall–Kier alpha value is -3.03. The topological polar surface area (TPSA) is 96.7 Å². The number of piperidine rings is 1. The lowest BCUT2D eigenvalue weighted by molar-refractivity contribution is -0.150. The minimum Gasteiger partial charge on any atom is -0.490 e. The second-order valence-corrected chi connectivity index (χ2v) is 8.84. The second-order valence-electron chi connectivity index (χ2n) is 6.91. The number of nitrogens with zero attached hydrogens (tertiary/aromatic N) is 2. The van der Waals surface area contributed by atoms with Gasteiger partial charge in [-0.05, 0) is 55.3 Å². The maximum Gasteiger partial charge on any atom is 0.309 e. The van der Waals surface area contributed by atoms with Gasteiger partial charge < -0.3 is 9.47 Å². The van der Waals surface area contributed by atoms with E-state index in [9.17, 15) is 22.0 Å². The molecule has 1 aliphatic heterocycles. The number of esters is 1. The maximum absolute atomic E-state index is 13.4. The van der Waals surface area contributed by atoms with Crippen molar-refractivity contribution in [1.82, 2.24) is 4.31 Å². The van der Waals surface area contributed by atoms with E-state index in [2.05, 4.69) is 0 Å². The van der Waals surface area contributed by atoms with Crippen LogP contribution in [-0.4, -0.2) is 45.0 Å². The molecule has 0 radical (unpaired) electrons. The Morgan fingerprint density at radius 2 is 1.74 bits per heavy atom. The predicted octanol–water partition coefficient (Wildman–Crippen LogP) is 2.86. The number of sulfonamides is 1. The molecule has 0 aromatic heterocycles. The van der Waals surface area contributed by atoms with E-state index in [1.54, 1.807) is 24.3 Å². The van der Waals surface area contributed by atoms with Gasteiger partial charge in [-0.2, -0.15) is 9.57 Å². The average Bonchev–Trinajstić information content (AvgIpc) is 2.78. The molecule has 0 bridgehead atoms. The highest BCUT2D eigenvalue weighted by atomic mass is 32.2. The first-order chi connectivity index (χ1) is 14.8. The summed E-state index contributed by atoms with van der Waals surface area (Å²) in [5, 5.41) is 8.75. The van der Waals surface area contributed by atoms with E-state index in [-0.39, 0.29) is 44.0 Å². The SMILES string of the molecule is N#Cc1ccc(OCCOC(=O)C2CCN(S(=O)(=O)c3ccc(F)c(F)c3)CC2)cc1. The molecule has 7 nitrogen and oxygen atoms in total. The van der Waals surface area contributed by atoms with Crippen molar-refractivity contribution >= 4 is 16.0 Å². The third-order valence-corrected chi connectivity index (χ3v) is 6.79. The van der Waals surface area contributed by atoms with Crippen molar-refractivity contribution in [1.29, 1.82) is 5.26 Å². The molecule has 0 saturated carbocycles. The molecule has 2 aromatic carbocycles. The Bertz CT molecular complexity index is 1080. The van der Waals surface area contributed by atoms with Crippen LogP contribution in [0.1, 0.15) is 18.4 Å². The van der Waals surface area contributed by atoms with E-state index in [4.69, 9.17) is 14.7 Å². The molecule has 0 spiro atoms. The van der Waals surface area contributed by atoms with Gasteiger partial charge in [0.2, 0.25) is 10.0 Å². The normalized spacial score (nSPS) is 15.3. The largest absolute Gasteiger partial charge is 0.490 e. The summed E-state index contributed by atoms with van der Waals surface area (Å²) in [4.78, 5) is 11.9. The summed E-state index contributed by atoms with van der Waals surface area (Å²) in [5.74, 6) is -2.70. The van der Waals surface area contributed by atoms with Crippen molar-refractivity contribution in [2.45, 2.75) is 17.7 Å². The van der Waals surface area contributed by atoms with Gasteiger partial charge in [0, 0.05) is 13.1 Å². The summed E-state index contributed by atoms with van der Waals surface area (Å²) in [7, 11) is -3.97. The summed E-state index contributed by atoms with van der Waals surface area (Å²) < 4.78 is 63.5. The second kappa shape index (κ2) is 9.85. The summed E-state index contributed by atoms with van der Waals surface area (Å²) in [6.07, 6.45) is 0.524. The Morgan fingerprint density at radius 1 is 1.06 bits per heavy atom. The zero-order chi connectivity index (χ0) is 22.4. The molecular formula is C21H20F2N2O5S. The van der Waals surface area contributed by atoms with Crippen LogP contribution in [0.3, 0.4) is 0 Å². The van der Waals surface area contributed by atoms with Crippen LogP contribution in [0.2, 0.25) is 0 Å². The molecule has 1 saturated heterocycles. The highest BCUT2D eigenvalue weighted by Crippen LogP contribution is 2.25. The van der Waals surface area contributed by atoms with E-state index in [1.807, 2.05) is 6.07 Å². The lowest BCUT2D eigenvalue weighted by Crippen LogP contribution is -2.40. The molecule has 3 rings (SSSR count). The van der Waals surface area contributed by atoms with Crippen molar-refractivity contribution < 1.29 is 31.5 Å². The van der Waals surface area contributed by atoms with Gasteiger partial charge in [-0.25, -0.2) is 17.2 Å². The first-order valence-electron chi connectivity index (χ1n) is 9.56. The lowest BCUT2D eigenvalue weighted by Gasteiger charge is -2.30. The van der Waals surface area contributed by atoms with Crippen LogP contribution in [0.25, 0.3) is 0 Å². The number of carbonyl (C=O) groups excluding carboxylic acids is 1. The number of hydrogen-bond acceptors (Lipinski definition) is 6. The molecule has 0 N–H and O–H groups in total. The standard InChI is InChI=1S/C21H20F2N2O5S/c22-19-6-5-18(13-20(19)23)31(27,28)25-9-7-16(8-10-25)21(26)30-12-11-29-17-3-1-15(14-24)2-4-17/h1-6,13,16H,7-12H2. The van der Waals surface area contributed by atoms with Gasteiger partial charge in [0.15, 0.2) is 11.6 Å². The van der Waals surface area contributed by atoms with Crippen LogP contribution >= 0.6 is 0 Å². The van der Waals surface area contributed by atoms with Gasteiger partial charge in [-0.1, -0.05) is 0 Å². The molecule has 0 unspecified atom stereocenters. The third kappa shape index (κ3) is 5.57. The first-order valence-corrected chi connectivity index (χ1v) is 11.0. The lowest BCUT2D eigenvalue weighted by atomic mass is 9.98. The summed E-state index contributed by atoms with van der Waals surface area (Å²) in [5.41, 5.74) is 0.511. The molecule has 0 amide bonds. The highest BCUT2D eigenvalue weighted by molar-refractivity contribution is 7.89. The Morgan fingerprint density at radius 3 is 2.35 bits per heavy atom. The predicted molar refractivity (Wildman–Crippen MR) is 105 cm³/mol. The maximum atomic E-state index is 13.4. The number of nitriles is 1. The quantitative estimate of drug-likeness (QED) is 0.475. The summed E-state index contributed by atoms with van der Waals surface area (Å²) in [6, 6.07) is 11.0. The van der Waals surface area contributed by atoms with Gasteiger partial charge in [-0.15, -0.1) is 0 Å². The van der Waals surface area contributed by atoms with Crippen molar-refractivity contribution in [3.63, 3.8) is 0 Å². The van der Waals surface area contributed by atoms with Gasteiger partial charge in [0.1, 0.15) is 19.0 Å². The van der Waals surface area contributed by atoms with E-state index >= 15 is 0 Å². The Labute approximate surface area is 178 Å². The van der Waals surface area contributed by atoms with Crippen LogP contribution in [0.4, 0.5) is 8.78 Å². The number of carbonyl (C=O) groups is 1. The minimum absolute atomic E-state index is 0.0339. The van der Waals surface area contributed by atoms with Crippen molar-refractivity contribution in [2.75, 3.05) is 26.3 Å². The number of ether oxygens (including phenoxy) is 2.